The topological polar surface area (TPSA) is 15.3 Å². The number of rotatable bonds is 4. The third-order valence-electron chi connectivity index (χ3n) is 5.79. The van der Waals surface area contributed by atoms with E-state index in [2.05, 4.69) is 37.9 Å². The van der Waals surface area contributed by atoms with Crippen LogP contribution in [-0.4, -0.2) is 36.1 Å². The molecule has 2 heteroatoms. The van der Waals surface area contributed by atoms with Crippen molar-refractivity contribution in [3.63, 3.8) is 0 Å². The molecule has 0 radical (unpaired) electrons. The van der Waals surface area contributed by atoms with E-state index < -0.39 is 0 Å². The minimum absolute atomic E-state index is 0.448. The Morgan fingerprint density at radius 1 is 1.05 bits per heavy atom. The lowest BCUT2D eigenvalue weighted by Gasteiger charge is -2.50. The van der Waals surface area contributed by atoms with Gasteiger partial charge in [-0.1, -0.05) is 47.0 Å². The SMILES string of the molecule is CCNC1C(N2CCCCCC2CC)CCCC1(C)C. The van der Waals surface area contributed by atoms with Crippen molar-refractivity contribution in [2.45, 2.75) is 97.2 Å². The molecule has 2 fully saturated rings. The van der Waals surface area contributed by atoms with Crippen LogP contribution in [0, 0.1) is 5.41 Å². The zero-order chi connectivity index (χ0) is 14.6. The van der Waals surface area contributed by atoms with E-state index in [1.165, 1.54) is 57.9 Å². The van der Waals surface area contributed by atoms with E-state index in [4.69, 9.17) is 0 Å². The first-order chi connectivity index (χ1) is 9.60. The summed E-state index contributed by atoms with van der Waals surface area (Å²) in [5.74, 6) is 0. The fourth-order valence-corrected chi connectivity index (χ4v) is 4.67. The first-order valence-electron chi connectivity index (χ1n) is 9.09. The summed E-state index contributed by atoms with van der Waals surface area (Å²) in [7, 11) is 0. The van der Waals surface area contributed by atoms with Gasteiger partial charge in [0.05, 0.1) is 0 Å². The van der Waals surface area contributed by atoms with Crippen LogP contribution in [0.2, 0.25) is 0 Å². The van der Waals surface area contributed by atoms with Crippen LogP contribution >= 0.6 is 0 Å². The van der Waals surface area contributed by atoms with Gasteiger partial charge in [0.15, 0.2) is 0 Å². The molecule has 0 aromatic carbocycles. The fourth-order valence-electron chi connectivity index (χ4n) is 4.67. The molecule has 118 valence electrons. The summed E-state index contributed by atoms with van der Waals surface area (Å²) in [6, 6.07) is 2.27. The van der Waals surface area contributed by atoms with E-state index in [1.54, 1.807) is 0 Å². The lowest BCUT2D eigenvalue weighted by molar-refractivity contribution is 0.0237. The van der Waals surface area contributed by atoms with Crippen LogP contribution in [0.4, 0.5) is 0 Å². The van der Waals surface area contributed by atoms with Crippen LogP contribution in [0.3, 0.4) is 0 Å². The fraction of sp³-hybridized carbons (Fsp3) is 1.00. The normalized spacial score (nSPS) is 35.7. The molecule has 20 heavy (non-hydrogen) atoms. The average Bonchev–Trinajstić information content (AvgIpc) is 2.66. The van der Waals surface area contributed by atoms with Crippen molar-refractivity contribution in [3.8, 4) is 0 Å². The van der Waals surface area contributed by atoms with Gasteiger partial charge >= 0.3 is 0 Å². The highest BCUT2D eigenvalue weighted by Crippen LogP contribution is 2.39. The van der Waals surface area contributed by atoms with Crippen LogP contribution in [0.5, 0.6) is 0 Å². The van der Waals surface area contributed by atoms with Gasteiger partial charge in [-0.15, -0.1) is 0 Å². The van der Waals surface area contributed by atoms with Crippen LogP contribution in [0.25, 0.3) is 0 Å². The Balaban J connectivity index is 2.17. The molecular weight excluding hydrogens is 244 g/mol. The van der Waals surface area contributed by atoms with Crippen molar-refractivity contribution >= 4 is 0 Å². The zero-order valence-electron chi connectivity index (χ0n) is 14.3. The van der Waals surface area contributed by atoms with Gasteiger partial charge in [0.25, 0.3) is 0 Å². The predicted octanol–water partition coefficient (Wildman–Crippen LogP) is 4.20. The van der Waals surface area contributed by atoms with Gasteiger partial charge in [-0.25, -0.2) is 0 Å². The molecule has 1 saturated carbocycles. The summed E-state index contributed by atoms with van der Waals surface area (Å²) < 4.78 is 0. The molecule has 1 aliphatic heterocycles. The Morgan fingerprint density at radius 2 is 1.85 bits per heavy atom. The second-order valence-corrected chi connectivity index (χ2v) is 7.63. The molecule has 0 aromatic heterocycles. The monoisotopic (exact) mass is 280 g/mol. The number of hydrogen-bond acceptors (Lipinski definition) is 2. The average molecular weight is 280 g/mol. The maximum atomic E-state index is 3.85. The lowest BCUT2D eigenvalue weighted by atomic mass is 9.70. The molecule has 1 saturated heterocycles. The van der Waals surface area contributed by atoms with Gasteiger partial charge in [0.1, 0.15) is 0 Å². The van der Waals surface area contributed by atoms with Crippen LogP contribution < -0.4 is 5.32 Å². The molecule has 1 N–H and O–H groups in total. The van der Waals surface area contributed by atoms with Crippen molar-refractivity contribution in [2.75, 3.05) is 13.1 Å². The maximum absolute atomic E-state index is 3.85. The molecule has 3 atom stereocenters. The van der Waals surface area contributed by atoms with Crippen molar-refractivity contribution in [3.05, 3.63) is 0 Å². The number of likely N-dealkylation sites (N-methyl/N-ethyl adjacent to an activating group) is 1. The van der Waals surface area contributed by atoms with Gasteiger partial charge in [-0.2, -0.15) is 0 Å². The largest absolute Gasteiger partial charge is 0.312 e. The van der Waals surface area contributed by atoms with E-state index in [0.29, 0.717) is 11.5 Å². The van der Waals surface area contributed by atoms with Gasteiger partial charge < -0.3 is 5.32 Å². The molecule has 0 spiro atoms. The molecule has 0 bridgehead atoms. The van der Waals surface area contributed by atoms with Crippen molar-refractivity contribution in [2.24, 2.45) is 5.41 Å². The van der Waals surface area contributed by atoms with Crippen molar-refractivity contribution in [1.29, 1.82) is 0 Å². The Morgan fingerprint density at radius 3 is 2.55 bits per heavy atom. The minimum atomic E-state index is 0.448. The van der Waals surface area contributed by atoms with E-state index in [9.17, 15) is 0 Å². The van der Waals surface area contributed by atoms with E-state index >= 15 is 0 Å². The summed E-state index contributed by atoms with van der Waals surface area (Å²) in [6.07, 6.45) is 11.2. The van der Waals surface area contributed by atoms with E-state index in [0.717, 1.165) is 18.6 Å². The van der Waals surface area contributed by atoms with Gasteiger partial charge in [0, 0.05) is 18.1 Å². The lowest BCUT2D eigenvalue weighted by Crippen LogP contribution is -2.60. The summed E-state index contributed by atoms with van der Waals surface area (Å²) in [6.45, 7) is 12.0. The Kier molecular flexibility index (Phi) is 5.92. The number of nitrogens with zero attached hydrogens (tertiary/aromatic N) is 1. The third kappa shape index (κ3) is 3.57. The quantitative estimate of drug-likeness (QED) is 0.830. The maximum Gasteiger partial charge on any atom is 0.0274 e. The molecule has 2 nitrogen and oxygen atoms in total. The Bertz CT molecular complexity index is 287. The Labute approximate surface area is 126 Å². The Hall–Kier alpha value is -0.0800. The highest BCUT2D eigenvalue weighted by atomic mass is 15.2. The molecular formula is C18H36N2. The number of likely N-dealkylation sites (tertiary alicyclic amines) is 1. The van der Waals surface area contributed by atoms with Gasteiger partial charge in [-0.3, -0.25) is 4.90 Å². The van der Waals surface area contributed by atoms with Crippen molar-refractivity contribution in [1.82, 2.24) is 10.2 Å². The first-order valence-corrected chi connectivity index (χ1v) is 9.09. The number of hydrogen-bond donors (Lipinski definition) is 1. The third-order valence-corrected chi connectivity index (χ3v) is 5.79. The summed E-state index contributed by atoms with van der Waals surface area (Å²) in [4.78, 5) is 2.90. The first kappa shape index (κ1) is 16.3. The molecule has 1 aliphatic carbocycles. The highest BCUT2D eigenvalue weighted by Gasteiger charge is 2.42. The summed E-state index contributed by atoms with van der Waals surface area (Å²) in [5, 5.41) is 3.85. The molecule has 2 rings (SSSR count). The van der Waals surface area contributed by atoms with Crippen LogP contribution in [0.15, 0.2) is 0 Å². The van der Waals surface area contributed by atoms with Crippen LogP contribution in [-0.2, 0) is 0 Å². The second kappa shape index (κ2) is 7.26. The summed E-state index contributed by atoms with van der Waals surface area (Å²) in [5.41, 5.74) is 0.448. The smallest absolute Gasteiger partial charge is 0.0274 e. The predicted molar refractivity (Wildman–Crippen MR) is 88.1 cm³/mol. The molecule has 0 aromatic rings. The minimum Gasteiger partial charge on any atom is -0.312 e. The van der Waals surface area contributed by atoms with Crippen molar-refractivity contribution < 1.29 is 0 Å². The molecule has 1 heterocycles. The summed E-state index contributed by atoms with van der Waals surface area (Å²) >= 11 is 0. The molecule has 0 amide bonds. The number of nitrogens with one attached hydrogen (secondary N) is 1. The highest BCUT2D eigenvalue weighted by molar-refractivity contribution is 4.99. The zero-order valence-corrected chi connectivity index (χ0v) is 14.3. The van der Waals surface area contributed by atoms with E-state index in [1.807, 2.05) is 0 Å². The second-order valence-electron chi connectivity index (χ2n) is 7.63. The van der Waals surface area contributed by atoms with Gasteiger partial charge in [-0.05, 0) is 50.6 Å². The standard InChI is InChI=1S/C18H36N2/c1-5-15-11-8-7-9-14-20(15)16-12-10-13-18(3,4)17(16)19-6-2/h15-17,19H,5-14H2,1-4H3. The molecule has 2 aliphatic rings. The van der Waals surface area contributed by atoms with E-state index in [-0.39, 0.29) is 0 Å². The van der Waals surface area contributed by atoms with Gasteiger partial charge in [0.2, 0.25) is 0 Å². The molecule has 3 unspecified atom stereocenters. The van der Waals surface area contributed by atoms with Crippen LogP contribution in [0.1, 0.15) is 79.1 Å².